The van der Waals surface area contributed by atoms with Gasteiger partial charge in [0.2, 0.25) is 0 Å². The van der Waals surface area contributed by atoms with E-state index in [1.54, 1.807) is 22.0 Å². The maximum atomic E-state index is 12.0. The van der Waals surface area contributed by atoms with Crippen LogP contribution >= 0.6 is 0 Å². The summed E-state index contributed by atoms with van der Waals surface area (Å²) in [7, 11) is 0. The number of nitrogens with one attached hydrogen (secondary N) is 1. The smallest absolute Gasteiger partial charge is 0.317 e. The van der Waals surface area contributed by atoms with Crippen molar-refractivity contribution in [3.05, 3.63) is 12.4 Å². The summed E-state index contributed by atoms with van der Waals surface area (Å²) < 4.78 is 1.66. The molecule has 0 aromatic carbocycles. The number of aromatic nitrogens is 3. The molecule has 1 fully saturated rings. The van der Waals surface area contributed by atoms with E-state index in [4.69, 9.17) is 5.11 Å². The van der Waals surface area contributed by atoms with Crippen LogP contribution in [0.3, 0.4) is 0 Å². The maximum absolute atomic E-state index is 12.0. The van der Waals surface area contributed by atoms with Crippen LogP contribution in [0.1, 0.15) is 6.42 Å². The lowest BCUT2D eigenvalue weighted by Crippen LogP contribution is -2.52. The lowest BCUT2D eigenvalue weighted by Gasteiger charge is -2.34. The molecule has 0 unspecified atom stereocenters. The quantitative estimate of drug-likeness (QED) is 0.703. The number of hydrogen-bond acceptors (Lipinski definition) is 5. The van der Waals surface area contributed by atoms with Gasteiger partial charge in [-0.25, -0.2) is 4.79 Å². The van der Waals surface area contributed by atoms with Gasteiger partial charge < -0.3 is 15.3 Å². The van der Waals surface area contributed by atoms with E-state index < -0.39 is 5.97 Å². The molecular formula is C12H20N6O3. The number of nitrogens with zero attached hydrogens (tertiary/aromatic N) is 5. The zero-order valence-corrected chi connectivity index (χ0v) is 11.8. The van der Waals surface area contributed by atoms with Gasteiger partial charge in [0.1, 0.15) is 0 Å². The van der Waals surface area contributed by atoms with Crippen LogP contribution < -0.4 is 5.32 Å². The van der Waals surface area contributed by atoms with E-state index in [9.17, 15) is 9.59 Å². The Hall–Kier alpha value is -2.16. The molecule has 2 rings (SSSR count). The van der Waals surface area contributed by atoms with Crippen LogP contribution in [0, 0.1) is 0 Å². The van der Waals surface area contributed by atoms with E-state index in [0.717, 1.165) is 0 Å². The average Bonchev–Trinajstić information content (AvgIpc) is 2.99. The number of carbonyl (C=O) groups excluding carboxylic acids is 1. The average molecular weight is 296 g/mol. The molecule has 2 N–H and O–H groups in total. The summed E-state index contributed by atoms with van der Waals surface area (Å²) in [6.07, 6.45) is 3.48. The Morgan fingerprint density at radius 2 is 1.95 bits per heavy atom. The van der Waals surface area contributed by atoms with Crippen molar-refractivity contribution in [2.45, 2.75) is 13.0 Å². The van der Waals surface area contributed by atoms with Gasteiger partial charge in [-0.1, -0.05) is 5.21 Å². The van der Waals surface area contributed by atoms with Crippen molar-refractivity contribution in [3.8, 4) is 0 Å². The zero-order valence-electron chi connectivity index (χ0n) is 11.8. The van der Waals surface area contributed by atoms with Gasteiger partial charge >= 0.3 is 12.0 Å². The van der Waals surface area contributed by atoms with Crippen molar-refractivity contribution in [1.29, 1.82) is 0 Å². The Bertz CT molecular complexity index is 456. The largest absolute Gasteiger partial charge is 0.481 e. The molecule has 116 valence electrons. The first-order valence-electron chi connectivity index (χ1n) is 6.96. The predicted molar refractivity (Wildman–Crippen MR) is 73.7 cm³/mol. The highest BCUT2D eigenvalue weighted by Gasteiger charge is 2.20. The lowest BCUT2D eigenvalue weighted by atomic mass is 10.3. The van der Waals surface area contributed by atoms with Crippen LogP contribution in [0.2, 0.25) is 0 Å². The minimum atomic E-state index is -0.789. The summed E-state index contributed by atoms with van der Waals surface area (Å²) in [5.41, 5.74) is 0. The number of carbonyl (C=O) groups is 2. The molecule has 9 heteroatoms. The van der Waals surface area contributed by atoms with Gasteiger partial charge in [-0.3, -0.25) is 14.4 Å². The maximum Gasteiger partial charge on any atom is 0.317 e. The molecule has 2 amide bonds. The zero-order chi connectivity index (χ0) is 15.1. The molecular weight excluding hydrogens is 276 g/mol. The molecule has 1 saturated heterocycles. The Labute approximate surface area is 122 Å². The summed E-state index contributed by atoms with van der Waals surface area (Å²) in [5, 5.41) is 19.0. The molecule has 1 aromatic heterocycles. The van der Waals surface area contributed by atoms with Crippen LogP contribution in [-0.2, 0) is 11.3 Å². The molecule has 0 radical (unpaired) electrons. The van der Waals surface area contributed by atoms with Crippen LogP contribution in [0.25, 0.3) is 0 Å². The number of aliphatic carboxylic acids is 1. The number of rotatable bonds is 6. The van der Waals surface area contributed by atoms with Gasteiger partial charge in [-0.2, -0.15) is 0 Å². The molecule has 1 aliphatic heterocycles. The highest BCUT2D eigenvalue weighted by Crippen LogP contribution is 2.02. The summed E-state index contributed by atoms with van der Waals surface area (Å²) in [6.45, 7) is 4.29. The van der Waals surface area contributed by atoms with Crippen molar-refractivity contribution in [3.63, 3.8) is 0 Å². The molecule has 9 nitrogen and oxygen atoms in total. The second kappa shape index (κ2) is 7.58. The topological polar surface area (TPSA) is 104 Å². The SMILES string of the molecule is O=C(O)CCN1CCN(C(=O)NCCn2ccnn2)CC1. The number of amides is 2. The van der Waals surface area contributed by atoms with Crippen LogP contribution in [0.5, 0.6) is 0 Å². The van der Waals surface area contributed by atoms with Crippen molar-refractivity contribution in [1.82, 2.24) is 30.1 Å². The fraction of sp³-hybridized carbons (Fsp3) is 0.667. The molecule has 0 spiro atoms. The lowest BCUT2D eigenvalue weighted by molar-refractivity contribution is -0.137. The highest BCUT2D eigenvalue weighted by atomic mass is 16.4. The number of piperazine rings is 1. The summed E-state index contributed by atoms with van der Waals surface area (Å²) in [4.78, 5) is 26.3. The van der Waals surface area contributed by atoms with Crippen LogP contribution in [-0.4, -0.2) is 81.2 Å². The predicted octanol–water partition coefficient (Wildman–Crippen LogP) is -0.920. The number of carboxylic acid groups (broad SMARTS) is 1. The standard InChI is InChI=1S/C12H20N6O3/c19-11(20)1-4-16-7-9-17(10-8-16)12(21)13-2-5-18-6-3-14-15-18/h3,6H,1-2,4-5,7-10H2,(H,13,21)(H,19,20). The molecule has 0 aliphatic carbocycles. The summed E-state index contributed by atoms with van der Waals surface area (Å²) >= 11 is 0. The Morgan fingerprint density at radius 3 is 2.57 bits per heavy atom. The van der Waals surface area contributed by atoms with Gasteiger partial charge in [-0.15, -0.1) is 5.10 Å². The molecule has 1 aromatic rings. The minimum absolute atomic E-state index is 0.0898. The van der Waals surface area contributed by atoms with Gasteiger partial charge in [0, 0.05) is 45.5 Å². The van der Waals surface area contributed by atoms with Crippen LogP contribution in [0.4, 0.5) is 4.79 Å². The second-order valence-electron chi connectivity index (χ2n) is 4.87. The van der Waals surface area contributed by atoms with Gasteiger partial charge in [0.15, 0.2) is 0 Å². The molecule has 2 heterocycles. The molecule has 21 heavy (non-hydrogen) atoms. The first-order valence-corrected chi connectivity index (χ1v) is 6.96. The van der Waals surface area contributed by atoms with E-state index in [-0.39, 0.29) is 12.5 Å². The molecule has 0 bridgehead atoms. The monoisotopic (exact) mass is 296 g/mol. The third-order valence-electron chi connectivity index (χ3n) is 3.39. The second-order valence-corrected chi connectivity index (χ2v) is 4.87. The number of hydrogen-bond donors (Lipinski definition) is 2. The van der Waals surface area contributed by atoms with Gasteiger partial charge in [0.05, 0.1) is 19.2 Å². The summed E-state index contributed by atoms with van der Waals surface area (Å²) in [5.74, 6) is -0.789. The minimum Gasteiger partial charge on any atom is -0.481 e. The van der Waals surface area contributed by atoms with Gasteiger partial charge in [-0.05, 0) is 0 Å². The Kier molecular flexibility index (Phi) is 5.50. The van der Waals surface area contributed by atoms with E-state index >= 15 is 0 Å². The molecule has 0 saturated carbocycles. The fourth-order valence-electron chi connectivity index (χ4n) is 2.17. The van der Waals surface area contributed by atoms with Crippen molar-refractivity contribution in [2.75, 3.05) is 39.3 Å². The van der Waals surface area contributed by atoms with Crippen molar-refractivity contribution >= 4 is 12.0 Å². The van der Waals surface area contributed by atoms with Crippen LogP contribution in [0.15, 0.2) is 12.4 Å². The number of urea groups is 1. The Morgan fingerprint density at radius 1 is 1.19 bits per heavy atom. The van der Waals surface area contributed by atoms with E-state index in [2.05, 4.69) is 20.5 Å². The van der Waals surface area contributed by atoms with Crippen molar-refractivity contribution < 1.29 is 14.7 Å². The third kappa shape index (κ3) is 5.03. The third-order valence-corrected chi connectivity index (χ3v) is 3.39. The van der Waals surface area contributed by atoms with E-state index in [1.165, 1.54) is 0 Å². The number of carboxylic acids is 1. The molecule has 0 atom stereocenters. The van der Waals surface area contributed by atoms with Gasteiger partial charge in [0.25, 0.3) is 0 Å². The molecule has 1 aliphatic rings. The fourth-order valence-corrected chi connectivity index (χ4v) is 2.17. The highest BCUT2D eigenvalue weighted by molar-refractivity contribution is 5.74. The van der Waals surface area contributed by atoms with Crippen molar-refractivity contribution in [2.24, 2.45) is 0 Å². The first-order chi connectivity index (χ1) is 10.1. The first kappa shape index (κ1) is 15.2. The normalized spacial score (nSPS) is 15.9. The Balaban J connectivity index is 1.62. The summed E-state index contributed by atoms with van der Waals surface area (Å²) in [6, 6.07) is -0.0898. The van der Waals surface area contributed by atoms with E-state index in [1.807, 2.05) is 0 Å². The van der Waals surface area contributed by atoms with E-state index in [0.29, 0.717) is 45.8 Å².